The average Bonchev–Trinajstić information content (AvgIpc) is 2.30. The van der Waals surface area contributed by atoms with Crippen molar-refractivity contribution < 1.29 is 14.3 Å². The molecule has 0 aliphatic carbocycles. The molecule has 1 fully saturated rings. The van der Waals surface area contributed by atoms with Gasteiger partial charge in [0.05, 0.1) is 13.2 Å². The Balaban J connectivity index is 0.000000873. The lowest BCUT2D eigenvalue weighted by Crippen LogP contribution is -2.43. The van der Waals surface area contributed by atoms with E-state index in [1.54, 1.807) is 14.2 Å². The summed E-state index contributed by atoms with van der Waals surface area (Å²) in [6, 6.07) is 0. The summed E-state index contributed by atoms with van der Waals surface area (Å²) < 4.78 is 9.50. The number of nitrogens with one attached hydrogen (secondary N) is 1. The van der Waals surface area contributed by atoms with Gasteiger partial charge in [0.25, 0.3) is 0 Å². The number of methoxy groups -OCH3 is 1. The highest BCUT2D eigenvalue weighted by atomic mass is 16.5. The number of ether oxygens (including phenoxy) is 2. The van der Waals surface area contributed by atoms with E-state index in [2.05, 4.69) is 15.0 Å². The zero-order valence-electron chi connectivity index (χ0n) is 12.4. The summed E-state index contributed by atoms with van der Waals surface area (Å²) in [6.07, 6.45) is 0. The van der Waals surface area contributed by atoms with E-state index >= 15 is 0 Å². The molecule has 1 aliphatic heterocycles. The number of nitrogens with zero attached hydrogens (tertiary/aromatic N) is 1. The largest absolute Gasteiger partial charge is 0.388 e. The number of carbonyl (C=O) groups is 1. The van der Waals surface area contributed by atoms with Crippen LogP contribution in [0.4, 0.5) is 0 Å². The van der Waals surface area contributed by atoms with Crippen molar-refractivity contribution >= 4 is 5.91 Å². The molecule has 0 spiro atoms. The number of hydrogen-bond acceptors (Lipinski definition) is 4. The molecule has 108 valence electrons. The van der Waals surface area contributed by atoms with Crippen LogP contribution >= 0.6 is 0 Å². The van der Waals surface area contributed by atoms with Gasteiger partial charge in [-0.2, -0.15) is 0 Å². The van der Waals surface area contributed by atoms with Crippen LogP contribution in [-0.2, 0) is 14.3 Å². The van der Waals surface area contributed by atoms with Gasteiger partial charge in [-0.25, -0.2) is 0 Å². The molecule has 1 heterocycles. The highest BCUT2D eigenvalue weighted by molar-refractivity contribution is 5.81. The number of rotatable bonds is 3. The van der Waals surface area contributed by atoms with Gasteiger partial charge in [0.2, 0.25) is 5.91 Å². The van der Waals surface area contributed by atoms with Gasteiger partial charge in [0.15, 0.2) is 0 Å². The Hall–Kier alpha value is -0.650. The molecule has 1 aliphatic rings. The summed E-state index contributed by atoms with van der Waals surface area (Å²) >= 11 is 0. The molecule has 0 atom stereocenters. The third-order valence-corrected chi connectivity index (χ3v) is 2.50. The number of carbonyl (C=O) groups excluding carboxylic acids is 1. The summed E-state index contributed by atoms with van der Waals surface area (Å²) in [6.45, 7) is 11.0. The van der Waals surface area contributed by atoms with E-state index in [1.807, 2.05) is 20.8 Å². The maximum absolute atomic E-state index is 11.6. The second-order valence-electron chi connectivity index (χ2n) is 5.37. The number of amides is 1. The molecule has 0 unspecified atom stereocenters. The molecule has 0 saturated carbocycles. The lowest BCUT2D eigenvalue weighted by atomic mass is 9.96. The van der Waals surface area contributed by atoms with Crippen LogP contribution in [0.1, 0.15) is 20.8 Å². The van der Waals surface area contributed by atoms with Crippen LogP contribution in [0.25, 0.3) is 0 Å². The Morgan fingerprint density at radius 2 is 1.78 bits per heavy atom. The molecule has 0 aromatic carbocycles. The number of morpholine rings is 1. The van der Waals surface area contributed by atoms with Gasteiger partial charge in [-0.05, 0) is 0 Å². The van der Waals surface area contributed by atoms with Crippen molar-refractivity contribution in [2.75, 3.05) is 53.6 Å². The molecule has 1 saturated heterocycles. The molecule has 5 heteroatoms. The third kappa shape index (κ3) is 8.44. The van der Waals surface area contributed by atoms with E-state index in [-0.39, 0.29) is 11.3 Å². The second-order valence-corrected chi connectivity index (χ2v) is 5.37. The quantitative estimate of drug-likeness (QED) is 0.813. The first-order valence-corrected chi connectivity index (χ1v) is 6.40. The van der Waals surface area contributed by atoms with E-state index in [4.69, 9.17) is 4.74 Å². The van der Waals surface area contributed by atoms with Crippen molar-refractivity contribution in [1.82, 2.24) is 10.2 Å². The van der Waals surface area contributed by atoms with Crippen molar-refractivity contribution in [3.63, 3.8) is 0 Å². The zero-order chi connectivity index (χ0) is 14.0. The van der Waals surface area contributed by atoms with Crippen LogP contribution in [0.15, 0.2) is 0 Å². The Kier molecular flexibility index (Phi) is 8.97. The van der Waals surface area contributed by atoms with E-state index in [0.717, 1.165) is 39.4 Å². The third-order valence-electron chi connectivity index (χ3n) is 2.50. The molecule has 0 aromatic rings. The second kappa shape index (κ2) is 9.30. The zero-order valence-corrected chi connectivity index (χ0v) is 12.4. The van der Waals surface area contributed by atoms with Gasteiger partial charge in [-0.1, -0.05) is 20.8 Å². The van der Waals surface area contributed by atoms with E-state index < -0.39 is 0 Å². The Morgan fingerprint density at radius 1 is 1.28 bits per heavy atom. The maximum atomic E-state index is 11.6. The SMILES string of the molecule is CC(C)(C)C(=O)NCCN1CCOCC1.COC. The standard InChI is InChI=1S/C11H22N2O2.C2H6O/c1-11(2,3)10(14)12-4-5-13-6-8-15-9-7-13;1-3-2/h4-9H2,1-3H3,(H,12,14);1-2H3. The van der Waals surface area contributed by atoms with Crippen molar-refractivity contribution in [2.24, 2.45) is 5.41 Å². The Morgan fingerprint density at radius 3 is 2.22 bits per heavy atom. The molecule has 0 radical (unpaired) electrons. The van der Waals surface area contributed by atoms with E-state index in [0.29, 0.717) is 0 Å². The molecule has 0 bridgehead atoms. The lowest BCUT2D eigenvalue weighted by molar-refractivity contribution is -0.128. The highest BCUT2D eigenvalue weighted by Gasteiger charge is 2.20. The Labute approximate surface area is 111 Å². The fourth-order valence-electron chi connectivity index (χ4n) is 1.42. The minimum atomic E-state index is -0.287. The maximum Gasteiger partial charge on any atom is 0.225 e. The molecule has 1 N–H and O–H groups in total. The smallest absolute Gasteiger partial charge is 0.225 e. The minimum absolute atomic E-state index is 0.121. The van der Waals surface area contributed by atoms with Gasteiger partial charge < -0.3 is 14.8 Å². The molecular formula is C13H28N2O3. The van der Waals surface area contributed by atoms with E-state index in [1.165, 1.54) is 0 Å². The first-order chi connectivity index (χ1) is 8.41. The summed E-state index contributed by atoms with van der Waals surface area (Å²) in [4.78, 5) is 13.9. The van der Waals surface area contributed by atoms with Gasteiger partial charge in [0.1, 0.15) is 0 Å². The van der Waals surface area contributed by atoms with Crippen LogP contribution in [-0.4, -0.2) is 64.4 Å². The average molecular weight is 260 g/mol. The van der Waals surface area contributed by atoms with Gasteiger partial charge in [-0.3, -0.25) is 9.69 Å². The molecule has 5 nitrogen and oxygen atoms in total. The molecule has 18 heavy (non-hydrogen) atoms. The Bertz CT molecular complexity index is 221. The fraction of sp³-hybridized carbons (Fsp3) is 0.923. The van der Waals surface area contributed by atoms with E-state index in [9.17, 15) is 4.79 Å². The molecule has 1 rings (SSSR count). The molecule has 0 aromatic heterocycles. The highest BCUT2D eigenvalue weighted by Crippen LogP contribution is 2.11. The number of hydrogen-bond donors (Lipinski definition) is 1. The van der Waals surface area contributed by atoms with Crippen LogP contribution in [0.2, 0.25) is 0 Å². The minimum Gasteiger partial charge on any atom is -0.388 e. The molecular weight excluding hydrogens is 232 g/mol. The van der Waals surface area contributed by atoms with Crippen molar-refractivity contribution in [3.8, 4) is 0 Å². The first-order valence-electron chi connectivity index (χ1n) is 6.40. The lowest BCUT2D eigenvalue weighted by Gasteiger charge is -2.27. The van der Waals surface area contributed by atoms with Crippen LogP contribution in [0, 0.1) is 5.41 Å². The topological polar surface area (TPSA) is 50.8 Å². The van der Waals surface area contributed by atoms with Gasteiger partial charge >= 0.3 is 0 Å². The van der Waals surface area contributed by atoms with Crippen molar-refractivity contribution in [1.29, 1.82) is 0 Å². The fourth-order valence-corrected chi connectivity index (χ4v) is 1.42. The van der Waals surface area contributed by atoms with Crippen molar-refractivity contribution in [2.45, 2.75) is 20.8 Å². The monoisotopic (exact) mass is 260 g/mol. The van der Waals surface area contributed by atoms with Crippen molar-refractivity contribution in [3.05, 3.63) is 0 Å². The predicted octanol–water partition coefficient (Wildman–Crippen LogP) is 0.744. The normalized spacial score (nSPS) is 16.7. The molecule has 1 amide bonds. The van der Waals surface area contributed by atoms with Gasteiger partial charge in [-0.15, -0.1) is 0 Å². The van der Waals surface area contributed by atoms with Gasteiger partial charge in [0, 0.05) is 45.8 Å². The van der Waals surface area contributed by atoms with Crippen LogP contribution in [0.5, 0.6) is 0 Å². The van der Waals surface area contributed by atoms with Crippen LogP contribution in [0.3, 0.4) is 0 Å². The first kappa shape index (κ1) is 17.4. The summed E-state index contributed by atoms with van der Waals surface area (Å²) in [5.74, 6) is 0.121. The van der Waals surface area contributed by atoms with Crippen LogP contribution < -0.4 is 5.32 Å². The predicted molar refractivity (Wildman–Crippen MR) is 72.7 cm³/mol. The summed E-state index contributed by atoms with van der Waals surface area (Å²) in [5, 5.41) is 2.95. The summed E-state index contributed by atoms with van der Waals surface area (Å²) in [5.41, 5.74) is -0.287. The summed E-state index contributed by atoms with van der Waals surface area (Å²) in [7, 11) is 3.25.